The Bertz CT molecular complexity index is 741. The molecular weight excluding hydrogens is 258 g/mol. The summed E-state index contributed by atoms with van der Waals surface area (Å²) in [5, 5.41) is 9.69. The number of thioether (sulfide) groups is 1. The van der Waals surface area contributed by atoms with Gasteiger partial charge in [0.1, 0.15) is 0 Å². The number of aromatic nitrogens is 3. The number of hydrogen-bond donors (Lipinski definition) is 1. The molecule has 19 heavy (non-hydrogen) atoms. The van der Waals surface area contributed by atoms with Crippen LogP contribution in [-0.4, -0.2) is 26.3 Å². The van der Waals surface area contributed by atoms with Crippen molar-refractivity contribution in [1.29, 1.82) is 0 Å². The summed E-state index contributed by atoms with van der Waals surface area (Å²) in [7, 11) is 1.92. The van der Waals surface area contributed by atoms with Crippen LogP contribution in [0, 0.1) is 6.92 Å². The zero-order valence-corrected chi connectivity index (χ0v) is 11.7. The van der Waals surface area contributed by atoms with Gasteiger partial charge >= 0.3 is 0 Å². The minimum absolute atomic E-state index is 0.394. The van der Waals surface area contributed by atoms with E-state index in [0.717, 1.165) is 34.7 Å². The molecule has 98 valence electrons. The van der Waals surface area contributed by atoms with Gasteiger partial charge in [0.2, 0.25) is 0 Å². The number of nitrogens with one attached hydrogen (secondary N) is 1. The largest absolute Gasteiger partial charge is 0.345 e. The number of nitrogens with zero attached hydrogens (tertiary/aromatic N) is 2. The lowest BCUT2D eigenvalue weighted by molar-refractivity contribution is 0.111. The number of carbonyl (C=O) groups is 1. The van der Waals surface area contributed by atoms with E-state index in [1.807, 2.05) is 30.8 Å². The van der Waals surface area contributed by atoms with E-state index in [-0.39, 0.29) is 0 Å². The molecule has 0 radical (unpaired) electrons. The lowest BCUT2D eigenvalue weighted by Crippen LogP contribution is -2.27. The third-order valence-corrected chi connectivity index (χ3v) is 4.84. The smallest absolute Gasteiger partial charge is 0.166 e. The third-order valence-electron chi connectivity index (χ3n) is 3.54. The highest BCUT2D eigenvalue weighted by Crippen LogP contribution is 2.31. The molecule has 0 spiro atoms. The van der Waals surface area contributed by atoms with Crippen molar-refractivity contribution in [3.05, 3.63) is 34.2 Å². The van der Waals surface area contributed by atoms with Gasteiger partial charge in [-0.1, -0.05) is 12.2 Å². The Morgan fingerprint density at radius 2 is 2.42 bits per heavy atom. The summed E-state index contributed by atoms with van der Waals surface area (Å²) < 4.78 is 1.94. The van der Waals surface area contributed by atoms with Crippen LogP contribution in [0.25, 0.3) is 12.2 Å². The van der Waals surface area contributed by atoms with Crippen LogP contribution in [0.3, 0.4) is 0 Å². The molecule has 0 aromatic carbocycles. The predicted molar refractivity (Wildman–Crippen MR) is 76.6 cm³/mol. The van der Waals surface area contributed by atoms with Crippen molar-refractivity contribution in [3.63, 3.8) is 0 Å². The van der Waals surface area contributed by atoms with E-state index in [1.165, 1.54) is 4.90 Å². The Morgan fingerprint density at radius 3 is 3.16 bits per heavy atom. The highest BCUT2D eigenvalue weighted by molar-refractivity contribution is 8.00. The third kappa shape index (κ3) is 2.14. The van der Waals surface area contributed by atoms with Crippen LogP contribution < -0.4 is 10.6 Å². The topological polar surface area (TPSA) is 50.7 Å². The van der Waals surface area contributed by atoms with Crippen LogP contribution in [0.1, 0.15) is 22.6 Å². The van der Waals surface area contributed by atoms with Crippen LogP contribution in [0.2, 0.25) is 0 Å². The molecule has 2 aromatic rings. The van der Waals surface area contributed by atoms with Crippen molar-refractivity contribution in [2.45, 2.75) is 23.5 Å². The highest BCUT2D eigenvalue weighted by Gasteiger charge is 2.15. The Labute approximate surface area is 115 Å². The second-order valence-electron chi connectivity index (χ2n) is 4.70. The Hall–Kier alpha value is -1.75. The van der Waals surface area contributed by atoms with Crippen molar-refractivity contribution >= 4 is 30.2 Å². The lowest BCUT2D eigenvalue weighted by atomic mass is 10.2. The summed E-state index contributed by atoms with van der Waals surface area (Å²) in [6, 6.07) is 1.96. The van der Waals surface area contributed by atoms with E-state index in [4.69, 9.17) is 0 Å². The molecule has 0 bridgehead atoms. The van der Waals surface area contributed by atoms with Gasteiger partial charge in [-0.3, -0.25) is 9.89 Å². The van der Waals surface area contributed by atoms with Gasteiger partial charge in [-0.2, -0.15) is 5.10 Å². The molecule has 1 aliphatic carbocycles. The van der Waals surface area contributed by atoms with Crippen molar-refractivity contribution in [1.82, 2.24) is 14.8 Å². The predicted octanol–water partition coefficient (Wildman–Crippen LogP) is 0.995. The zero-order valence-electron chi connectivity index (χ0n) is 10.9. The molecule has 0 fully saturated rings. The highest BCUT2D eigenvalue weighted by atomic mass is 32.2. The van der Waals surface area contributed by atoms with Gasteiger partial charge in [0, 0.05) is 28.1 Å². The van der Waals surface area contributed by atoms with Gasteiger partial charge < -0.3 is 4.57 Å². The summed E-state index contributed by atoms with van der Waals surface area (Å²) in [4.78, 5) is 12.1. The van der Waals surface area contributed by atoms with E-state index >= 15 is 0 Å². The molecule has 0 aliphatic heterocycles. The molecule has 1 aliphatic rings. The average Bonchev–Trinajstić information content (AvgIpc) is 2.98. The number of aromatic amines is 1. The van der Waals surface area contributed by atoms with Gasteiger partial charge in [0.05, 0.1) is 17.2 Å². The van der Waals surface area contributed by atoms with Crippen LogP contribution >= 0.6 is 11.8 Å². The standard InChI is InChI=1S/C14H15N3OS/c1-9-14(6-11(8-18)17(9)2)19-12-3-4-13-10(5-12)7-15-16-13/h4-8,12,16H,3H2,1-2H3. The minimum Gasteiger partial charge on any atom is -0.345 e. The molecule has 1 unspecified atom stereocenters. The van der Waals surface area contributed by atoms with E-state index < -0.39 is 0 Å². The van der Waals surface area contributed by atoms with Gasteiger partial charge in [0.25, 0.3) is 0 Å². The monoisotopic (exact) mass is 273 g/mol. The van der Waals surface area contributed by atoms with Gasteiger partial charge in [-0.15, -0.1) is 11.8 Å². The zero-order chi connectivity index (χ0) is 13.4. The Kier molecular flexibility index (Phi) is 3.06. The quantitative estimate of drug-likeness (QED) is 0.849. The first-order valence-corrected chi connectivity index (χ1v) is 7.06. The summed E-state index contributed by atoms with van der Waals surface area (Å²) in [6.07, 6.45) is 8.15. The van der Waals surface area contributed by atoms with E-state index in [1.54, 1.807) is 11.8 Å². The first kappa shape index (κ1) is 12.3. The fourth-order valence-corrected chi connectivity index (χ4v) is 3.51. The molecule has 3 rings (SSSR count). The van der Waals surface area contributed by atoms with Crippen LogP contribution in [-0.2, 0) is 7.05 Å². The maximum atomic E-state index is 11.0. The molecule has 4 nitrogen and oxygen atoms in total. The number of carbonyl (C=O) groups excluding carboxylic acids is 1. The number of H-pyrrole nitrogens is 1. The summed E-state index contributed by atoms with van der Waals surface area (Å²) in [6.45, 7) is 2.05. The fraction of sp³-hybridized carbons (Fsp3) is 0.286. The molecule has 2 aromatic heterocycles. The normalized spacial score (nSPS) is 17.5. The van der Waals surface area contributed by atoms with Gasteiger partial charge in [-0.25, -0.2) is 0 Å². The summed E-state index contributed by atoms with van der Waals surface area (Å²) >= 11 is 1.80. The number of hydrogen-bond acceptors (Lipinski definition) is 3. The van der Waals surface area contributed by atoms with Crippen molar-refractivity contribution in [2.24, 2.45) is 7.05 Å². The van der Waals surface area contributed by atoms with Crippen LogP contribution in [0.4, 0.5) is 0 Å². The maximum Gasteiger partial charge on any atom is 0.166 e. The first-order valence-electron chi connectivity index (χ1n) is 6.18. The minimum atomic E-state index is 0.394. The fourth-order valence-electron chi connectivity index (χ4n) is 2.28. The summed E-state index contributed by atoms with van der Waals surface area (Å²) in [5.74, 6) is 0. The number of fused-ring (bicyclic) bond motifs is 1. The van der Waals surface area contributed by atoms with Crippen molar-refractivity contribution < 1.29 is 4.79 Å². The molecule has 5 heteroatoms. The maximum absolute atomic E-state index is 11.0. The van der Waals surface area contributed by atoms with E-state index in [2.05, 4.69) is 22.3 Å². The second-order valence-corrected chi connectivity index (χ2v) is 5.98. The molecular formula is C14H15N3OS. The average molecular weight is 273 g/mol. The molecule has 1 N–H and O–H groups in total. The second kappa shape index (κ2) is 4.74. The molecule has 0 amide bonds. The Morgan fingerprint density at radius 1 is 1.58 bits per heavy atom. The van der Waals surface area contributed by atoms with Gasteiger partial charge in [-0.05, 0) is 19.4 Å². The van der Waals surface area contributed by atoms with E-state index in [0.29, 0.717) is 5.25 Å². The van der Waals surface area contributed by atoms with E-state index in [9.17, 15) is 4.79 Å². The first-order chi connectivity index (χ1) is 9.19. The molecule has 0 saturated carbocycles. The van der Waals surface area contributed by atoms with Crippen LogP contribution in [0.5, 0.6) is 0 Å². The van der Waals surface area contributed by atoms with Crippen molar-refractivity contribution in [3.8, 4) is 0 Å². The lowest BCUT2D eigenvalue weighted by Gasteiger charge is -2.12. The number of aldehydes is 1. The van der Waals surface area contributed by atoms with Gasteiger partial charge in [0.15, 0.2) is 6.29 Å². The Balaban J connectivity index is 1.89. The molecule has 1 atom stereocenters. The molecule has 0 saturated heterocycles. The summed E-state index contributed by atoms with van der Waals surface area (Å²) in [5.41, 5.74) is 1.86. The van der Waals surface area contributed by atoms with Crippen molar-refractivity contribution in [2.75, 3.05) is 0 Å². The SMILES string of the molecule is Cc1c(SC2C=c3cn[nH]c3=CC2)cc(C=O)n1C. The van der Waals surface area contributed by atoms with Crippen LogP contribution in [0.15, 0.2) is 17.2 Å². The molecule has 2 heterocycles. The number of rotatable bonds is 3.